The summed E-state index contributed by atoms with van der Waals surface area (Å²) in [5.41, 5.74) is 0.363. The summed E-state index contributed by atoms with van der Waals surface area (Å²) in [4.78, 5) is 38.5. The average Bonchev–Trinajstić information content (AvgIpc) is 2.72. The van der Waals surface area contributed by atoms with Gasteiger partial charge in [0.05, 0.1) is 29.4 Å². The second-order valence-electron chi connectivity index (χ2n) is 6.33. The minimum atomic E-state index is -0.845. The van der Waals surface area contributed by atoms with E-state index in [0.29, 0.717) is 16.6 Å². The van der Waals surface area contributed by atoms with E-state index in [2.05, 4.69) is 9.72 Å². The zero-order valence-electron chi connectivity index (χ0n) is 15.9. The molecule has 1 heterocycles. The number of hydrogen-bond acceptors (Lipinski definition) is 8. The Bertz CT molecular complexity index is 1230. The van der Waals surface area contributed by atoms with E-state index in [4.69, 9.17) is 0 Å². The Morgan fingerprint density at radius 2 is 1.80 bits per heavy atom. The van der Waals surface area contributed by atoms with E-state index in [1.807, 2.05) is 0 Å². The van der Waals surface area contributed by atoms with Crippen LogP contribution in [-0.4, -0.2) is 39.0 Å². The van der Waals surface area contributed by atoms with Crippen LogP contribution in [0.2, 0.25) is 0 Å². The fourth-order valence-corrected chi connectivity index (χ4v) is 2.95. The first-order chi connectivity index (χ1) is 14.2. The van der Waals surface area contributed by atoms with Gasteiger partial charge in [-0.2, -0.15) is 0 Å². The number of fused-ring (bicyclic) bond motifs is 1. The number of aromatic nitrogens is 1. The van der Waals surface area contributed by atoms with Crippen LogP contribution >= 0.6 is 0 Å². The maximum Gasteiger partial charge on any atom is 0.341 e. The molecule has 3 rings (SSSR count). The van der Waals surface area contributed by atoms with Crippen molar-refractivity contribution >= 4 is 40.5 Å². The monoisotopic (exact) mass is 408 g/mol. The molecule has 3 aromatic rings. The van der Waals surface area contributed by atoms with Crippen LogP contribution in [0.15, 0.2) is 36.4 Å². The third-order valence-electron chi connectivity index (χ3n) is 4.42. The number of phenols is 2. The summed E-state index contributed by atoms with van der Waals surface area (Å²) in [5.74, 6) is -1.72. The van der Waals surface area contributed by atoms with Crippen molar-refractivity contribution in [3.63, 3.8) is 0 Å². The van der Waals surface area contributed by atoms with E-state index in [1.165, 1.54) is 31.2 Å². The smallest absolute Gasteiger partial charge is 0.341 e. The average molecular weight is 408 g/mol. The van der Waals surface area contributed by atoms with Crippen molar-refractivity contribution in [3.8, 4) is 11.5 Å². The highest BCUT2D eigenvalue weighted by molar-refractivity contribution is 6.07. The molecule has 0 bridgehead atoms. The van der Waals surface area contributed by atoms with E-state index < -0.39 is 22.3 Å². The van der Waals surface area contributed by atoms with Crippen molar-refractivity contribution in [3.05, 3.63) is 68.9 Å². The largest absolute Gasteiger partial charge is 0.507 e. The number of ether oxygens (including phenoxy) is 1. The third kappa shape index (κ3) is 3.81. The van der Waals surface area contributed by atoms with E-state index in [0.717, 1.165) is 19.2 Å². The van der Waals surface area contributed by atoms with E-state index in [9.17, 15) is 29.9 Å². The molecule has 0 spiro atoms. The number of Topliss-reactive ketones (excluding diaryl/α,β-unsaturated/α-hetero) is 1. The Morgan fingerprint density at radius 3 is 2.43 bits per heavy atom. The molecule has 0 saturated heterocycles. The Hall–Kier alpha value is -4.27. The van der Waals surface area contributed by atoms with E-state index in [1.54, 1.807) is 12.1 Å². The zero-order valence-corrected chi connectivity index (χ0v) is 15.9. The summed E-state index contributed by atoms with van der Waals surface area (Å²) >= 11 is 0. The van der Waals surface area contributed by atoms with Gasteiger partial charge < -0.3 is 14.9 Å². The Balaban J connectivity index is 2.10. The van der Waals surface area contributed by atoms with Crippen LogP contribution < -0.4 is 0 Å². The first-order valence-corrected chi connectivity index (χ1v) is 8.64. The van der Waals surface area contributed by atoms with Crippen molar-refractivity contribution in [2.75, 3.05) is 7.11 Å². The molecule has 1 aromatic heterocycles. The van der Waals surface area contributed by atoms with Crippen molar-refractivity contribution in [2.24, 2.45) is 0 Å². The molecule has 0 unspecified atom stereocenters. The molecule has 0 fully saturated rings. The lowest BCUT2D eigenvalue weighted by atomic mass is 10.0. The molecule has 0 aliphatic rings. The van der Waals surface area contributed by atoms with Crippen LogP contribution in [0, 0.1) is 10.1 Å². The molecule has 0 aliphatic heterocycles. The van der Waals surface area contributed by atoms with Crippen molar-refractivity contribution in [1.29, 1.82) is 0 Å². The van der Waals surface area contributed by atoms with Crippen LogP contribution in [0.1, 0.15) is 38.9 Å². The quantitative estimate of drug-likeness (QED) is 0.282. The number of ketones is 1. The first kappa shape index (κ1) is 20.5. The minimum absolute atomic E-state index is 0.0433. The number of carbonyl (C=O) groups is 2. The fourth-order valence-electron chi connectivity index (χ4n) is 2.95. The van der Waals surface area contributed by atoms with E-state index in [-0.39, 0.29) is 28.2 Å². The molecular weight excluding hydrogens is 392 g/mol. The predicted molar refractivity (Wildman–Crippen MR) is 108 cm³/mol. The van der Waals surface area contributed by atoms with Gasteiger partial charge >= 0.3 is 5.97 Å². The molecular formula is C21H16N2O7. The van der Waals surface area contributed by atoms with Gasteiger partial charge in [0, 0.05) is 10.9 Å². The first-order valence-electron chi connectivity index (χ1n) is 8.64. The van der Waals surface area contributed by atoms with Crippen LogP contribution in [0.3, 0.4) is 0 Å². The number of nitrogens with zero attached hydrogens (tertiary/aromatic N) is 2. The number of benzene rings is 2. The summed E-state index contributed by atoms with van der Waals surface area (Å²) in [5, 5.41) is 31.8. The number of hydrogen-bond donors (Lipinski definition) is 2. The number of phenolic OH excluding ortho intramolecular Hbond substituents is 2. The summed E-state index contributed by atoms with van der Waals surface area (Å²) in [6.45, 7) is 1.41. The molecule has 0 aliphatic carbocycles. The number of carbonyl (C=O) groups excluding carboxylic acids is 2. The maximum absolute atomic E-state index is 11.8. The number of pyridine rings is 1. The summed E-state index contributed by atoms with van der Waals surface area (Å²) in [6, 6.07) is 8.08. The molecule has 0 amide bonds. The third-order valence-corrected chi connectivity index (χ3v) is 4.42. The van der Waals surface area contributed by atoms with Gasteiger partial charge in [-0.1, -0.05) is 0 Å². The second-order valence-corrected chi connectivity index (χ2v) is 6.33. The van der Waals surface area contributed by atoms with Gasteiger partial charge in [0.2, 0.25) is 0 Å². The lowest BCUT2D eigenvalue weighted by Crippen LogP contribution is -2.03. The van der Waals surface area contributed by atoms with Crippen molar-refractivity contribution < 1.29 is 29.5 Å². The predicted octanol–water partition coefficient (Wildman–Crippen LogP) is 3.71. The highest BCUT2D eigenvalue weighted by Crippen LogP contribution is 2.31. The number of nitro benzene ring substituents is 1. The molecule has 152 valence electrons. The van der Waals surface area contributed by atoms with Gasteiger partial charge in [-0.15, -0.1) is 0 Å². The summed E-state index contributed by atoms with van der Waals surface area (Å²) in [7, 11) is 1.12. The Labute approximate surface area is 170 Å². The van der Waals surface area contributed by atoms with Crippen LogP contribution in [0.25, 0.3) is 23.1 Å². The second kappa shape index (κ2) is 8.00. The SMILES string of the molecule is COC(=O)c1cc(/C=C/c2ccc3c(C(C)=O)ccc(O)c3n2)c([N+](=O)[O-])cc1O. The van der Waals surface area contributed by atoms with Crippen molar-refractivity contribution in [1.82, 2.24) is 4.98 Å². The topological polar surface area (TPSA) is 140 Å². The highest BCUT2D eigenvalue weighted by atomic mass is 16.6. The number of aromatic hydroxyl groups is 2. The minimum Gasteiger partial charge on any atom is -0.507 e. The number of methoxy groups -OCH3 is 1. The molecule has 0 atom stereocenters. The number of esters is 1. The molecule has 0 saturated carbocycles. The molecule has 2 aromatic carbocycles. The summed E-state index contributed by atoms with van der Waals surface area (Å²) < 4.78 is 4.57. The molecule has 30 heavy (non-hydrogen) atoms. The van der Waals surface area contributed by atoms with Crippen LogP contribution in [0.5, 0.6) is 11.5 Å². The Kier molecular flexibility index (Phi) is 5.45. The molecule has 9 heteroatoms. The van der Waals surface area contributed by atoms with Crippen LogP contribution in [-0.2, 0) is 4.74 Å². The fraction of sp³-hybridized carbons (Fsp3) is 0.0952. The normalized spacial score (nSPS) is 11.0. The maximum atomic E-state index is 11.8. The van der Waals surface area contributed by atoms with Gasteiger partial charge in [0.25, 0.3) is 5.69 Å². The molecule has 0 radical (unpaired) electrons. The zero-order chi connectivity index (χ0) is 22.0. The summed E-state index contributed by atoms with van der Waals surface area (Å²) in [6.07, 6.45) is 2.80. The number of nitro groups is 1. The Morgan fingerprint density at radius 1 is 1.07 bits per heavy atom. The van der Waals surface area contributed by atoms with Gasteiger partial charge in [0.1, 0.15) is 22.6 Å². The van der Waals surface area contributed by atoms with E-state index >= 15 is 0 Å². The highest BCUT2D eigenvalue weighted by Gasteiger charge is 2.20. The molecule has 2 N–H and O–H groups in total. The lowest BCUT2D eigenvalue weighted by molar-refractivity contribution is -0.385. The van der Waals surface area contributed by atoms with Gasteiger partial charge in [0.15, 0.2) is 5.78 Å². The van der Waals surface area contributed by atoms with Gasteiger partial charge in [-0.05, 0) is 49.4 Å². The molecule has 9 nitrogen and oxygen atoms in total. The lowest BCUT2D eigenvalue weighted by Gasteiger charge is -2.07. The van der Waals surface area contributed by atoms with Gasteiger partial charge in [-0.3, -0.25) is 14.9 Å². The van der Waals surface area contributed by atoms with Crippen molar-refractivity contribution in [2.45, 2.75) is 6.92 Å². The number of rotatable bonds is 5. The van der Waals surface area contributed by atoms with Crippen LogP contribution in [0.4, 0.5) is 5.69 Å². The standard InChI is InChI=1S/C21H16N2O7/c1-11(24)14-7-8-18(25)20-15(14)6-5-13(22-20)4-3-12-9-16(21(27)30-2)19(26)10-17(12)23(28)29/h3-10,25-26H,1-2H3/b4-3+. The van der Waals surface area contributed by atoms with Gasteiger partial charge in [-0.25, -0.2) is 9.78 Å².